The molecule has 0 bridgehead atoms. The molecule has 7 aromatic carbocycles. The van der Waals surface area contributed by atoms with Crippen LogP contribution in [0.4, 0.5) is 17.6 Å². The Balaban J connectivity index is 0.000000169. The fourth-order valence-corrected chi connectivity index (χ4v) is 5.75. The molecule has 0 N–H and O–H groups in total. The van der Waals surface area contributed by atoms with E-state index in [-0.39, 0.29) is 0 Å². The summed E-state index contributed by atoms with van der Waals surface area (Å²) in [5.41, 5.74) is -2.36. The Morgan fingerprint density at radius 1 is 0.370 bits per heavy atom. The highest BCUT2D eigenvalue weighted by Gasteiger charge is 2.22. The van der Waals surface area contributed by atoms with Crippen molar-refractivity contribution in [3.8, 4) is 24.3 Å². The van der Waals surface area contributed by atoms with Crippen LogP contribution in [0.2, 0.25) is 0 Å². The van der Waals surface area contributed by atoms with E-state index in [1.165, 1.54) is 53.9 Å². The minimum absolute atomic E-state index is 1.09. The summed E-state index contributed by atoms with van der Waals surface area (Å²) in [4.78, 5) is 0. The third-order valence-corrected chi connectivity index (χ3v) is 7.81. The van der Waals surface area contributed by atoms with Crippen LogP contribution in [0.15, 0.2) is 97.1 Å². The van der Waals surface area contributed by atoms with Crippen molar-refractivity contribution in [3.63, 3.8) is 0 Å². The van der Waals surface area contributed by atoms with Gasteiger partial charge in [0.2, 0.25) is 0 Å². The van der Waals surface area contributed by atoms with Gasteiger partial charge in [0.25, 0.3) is 0 Å². The quantitative estimate of drug-likeness (QED) is 0.0993. The van der Waals surface area contributed by atoms with E-state index in [1.807, 2.05) is 0 Å². The lowest BCUT2D eigenvalue weighted by molar-refractivity contribution is 0.434. The number of fused-ring (bicyclic) bond motifs is 9. The first-order chi connectivity index (χ1) is 22.3. The standard InChI is InChI=1S/C26H16.C12F4N4/c1-3-7-22-17(5-1)9-11-19-13-15-21-16-14-20-12-10-18-6-2-4-8-23(18)25(20)26(21)24(19)22;13-9-7(5(1-17)2-18)10(14)12(16)8(11(9)15)6(3-19)4-20/h1-16H;. The lowest BCUT2D eigenvalue weighted by Crippen LogP contribution is -2.31. The zero-order valence-corrected chi connectivity index (χ0v) is 23.5. The van der Waals surface area contributed by atoms with Crippen molar-refractivity contribution in [1.82, 2.24) is 0 Å². The lowest BCUT2D eigenvalue weighted by Gasteiger charge is -2.13. The van der Waals surface area contributed by atoms with Crippen molar-refractivity contribution >= 4 is 65.0 Å². The van der Waals surface area contributed by atoms with Gasteiger partial charge in [0.05, 0.1) is 10.4 Å². The van der Waals surface area contributed by atoms with Crippen LogP contribution in [0.1, 0.15) is 0 Å². The third kappa shape index (κ3) is 4.59. The van der Waals surface area contributed by atoms with Gasteiger partial charge in [0.1, 0.15) is 35.4 Å². The number of rotatable bonds is 0. The molecule has 0 amide bonds. The van der Waals surface area contributed by atoms with E-state index in [2.05, 4.69) is 97.1 Å². The van der Waals surface area contributed by atoms with E-state index in [0.29, 0.717) is 0 Å². The molecule has 0 saturated carbocycles. The molecule has 0 radical (unpaired) electrons. The van der Waals surface area contributed by atoms with Gasteiger partial charge in [-0.3, -0.25) is 0 Å². The average Bonchev–Trinajstić information content (AvgIpc) is 3.10. The Kier molecular flexibility index (Phi) is 7.49. The third-order valence-electron chi connectivity index (χ3n) is 7.81. The summed E-state index contributed by atoms with van der Waals surface area (Å²) < 4.78 is 54.5. The monoisotopic (exact) mass is 604 g/mol. The van der Waals surface area contributed by atoms with Gasteiger partial charge in [-0.15, -0.1) is 0 Å². The van der Waals surface area contributed by atoms with Crippen LogP contribution in [0.25, 0.3) is 65.0 Å². The van der Waals surface area contributed by atoms with Crippen molar-refractivity contribution in [2.24, 2.45) is 0 Å². The van der Waals surface area contributed by atoms with Crippen molar-refractivity contribution in [3.05, 3.63) is 131 Å². The van der Waals surface area contributed by atoms with Gasteiger partial charge >= 0.3 is 0 Å². The molecule has 0 aliphatic heterocycles. The number of benzene rings is 7. The Morgan fingerprint density at radius 2 is 0.652 bits per heavy atom. The summed E-state index contributed by atoms with van der Waals surface area (Å²) in [5.74, 6) is -8.11. The van der Waals surface area contributed by atoms with Crippen molar-refractivity contribution in [2.75, 3.05) is 0 Å². The first kappa shape index (κ1) is 29.3. The van der Waals surface area contributed by atoms with Crippen LogP contribution in [0, 0.1) is 68.6 Å². The Bertz CT molecular complexity index is 2480. The second kappa shape index (κ2) is 11.7. The molecule has 4 nitrogen and oxygen atoms in total. The summed E-state index contributed by atoms with van der Waals surface area (Å²) >= 11 is 0. The minimum Gasteiger partial charge on any atom is -0.203 e. The molecule has 8 heteroatoms. The van der Waals surface area contributed by atoms with Gasteiger partial charge in [-0.05, 0) is 53.9 Å². The van der Waals surface area contributed by atoms with Crippen LogP contribution >= 0.6 is 0 Å². The second-order valence-corrected chi connectivity index (χ2v) is 10.2. The predicted octanol–water partition coefficient (Wildman–Crippen LogP) is 8.09. The first-order valence-electron chi connectivity index (χ1n) is 13.7. The summed E-state index contributed by atoms with van der Waals surface area (Å²) in [6, 6.07) is 39.8. The second-order valence-electron chi connectivity index (χ2n) is 10.2. The Labute approximate surface area is 258 Å². The number of halogens is 4. The zero-order valence-electron chi connectivity index (χ0n) is 23.5. The van der Waals surface area contributed by atoms with Gasteiger partial charge in [-0.25, -0.2) is 17.6 Å². The molecule has 0 aromatic heterocycles. The zero-order chi connectivity index (χ0) is 32.5. The van der Waals surface area contributed by atoms with E-state index in [9.17, 15) is 17.6 Å². The van der Waals surface area contributed by atoms with E-state index >= 15 is 0 Å². The molecule has 0 aliphatic carbocycles. The van der Waals surface area contributed by atoms with E-state index in [1.54, 1.807) is 0 Å². The molecular weight excluding hydrogens is 588 g/mol. The fourth-order valence-electron chi connectivity index (χ4n) is 5.75. The van der Waals surface area contributed by atoms with Crippen LogP contribution in [0.5, 0.6) is 0 Å². The van der Waals surface area contributed by atoms with Gasteiger partial charge in [-0.2, -0.15) is 21.0 Å². The van der Waals surface area contributed by atoms with Crippen molar-refractivity contribution < 1.29 is 17.6 Å². The maximum absolute atomic E-state index is 13.6. The molecule has 0 aliphatic rings. The molecule has 0 fully saturated rings. The molecule has 0 spiro atoms. The first-order valence-corrected chi connectivity index (χ1v) is 13.7. The SMILES string of the molecule is N#CC(C#N)=c1c(F)c(F)c(=C(C#N)C#N)c(F)c1F.c1ccc2c(c1)ccc1ccc3ccc4ccc5ccccc5c4c3c12. The lowest BCUT2D eigenvalue weighted by atomic mass is 9.91. The molecular formula is C38H16F4N4. The normalized spacial score (nSPS) is 10.5. The van der Waals surface area contributed by atoms with Gasteiger partial charge in [-0.1, -0.05) is 97.1 Å². The molecule has 0 atom stereocenters. The molecule has 0 heterocycles. The molecule has 7 rings (SSSR count). The Morgan fingerprint density at radius 3 is 0.978 bits per heavy atom. The molecule has 0 saturated heterocycles. The average molecular weight is 605 g/mol. The van der Waals surface area contributed by atoms with Crippen LogP contribution in [-0.2, 0) is 0 Å². The van der Waals surface area contributed by atoms with Gasteiger partial charge in [0.15, 0.2) is 23.3 Å². The van der Waals surface area contributed by atoms with Gasteiger partial charge in [0, 0.05) is 0 Å². The summed E-state index contributed by atoms with van der Waals surface area (Å²) in [7, 11) is 0. The van der Waals surface area contributed by atoms with E-state index in [4.69, 9.17) is 21.0 Å². The Hall–Kier alpha value is -6.74. The smallest absolute Gasteiger partial charge is 0.171 e. The largest absolute Gasteiger partial charge is 0.203 e. The van der Waals surface area contributed by atoms with Crippen molar-refractivity contribution in [2.45, 2.75) is 0 Å². The van der Waals surface area contributed by atoms with E-state index < -0.39 is 44.9 Å². The van der Waals surface area contributed by atoms with Crippen LogP contribution < -0.4 is 10.4 Å². The molecule has 7 aromatic rings. The molecule has 0 unspecified atom stereocenters. The topological polar surface area (TPSA) is 95.2 Å². The highest BCUT2D eigenvalue weighted by molar-refractivity contribution is 6.32. The van der Waals surface area contributed by atoms with Crippen LogP contribution in [0.3, 0.4) is 0 Å². The number of hydrogen-bond acceptors (Lipinski definition) is 4. The predicted molar refractivity (Wildman–Crippen MR) is 169 cm³/mol. The highest BCUT2D eigenvalue weighted by Crippen LogP contribution is 2.39. The summed E-state index contributed by atoms with van der Waals surface area (Å²) in [5, 5.41) is 44.2. The minimum atomic E-state index is -2.03. The molecule has 46 heavy (non-hydrogen) atoms. The number of nitrogens with zero attached hydrogens (tertiary/aromatic N) is 4. The van der Waals surface area contributed by atoms with Crippen molar-refractivity contribution in [1.29, 1.82) is 21.0 Å². The maximum Gasteiger partial charge on any atom is 0.171 e. The fraction of sp³-hybridized carbons (Fsp3) is 0. The van der Waals surface area contributed by atoms with E-state index in [0.717, 1.165) is 24.3 Å². The number of nitriles is 4. The number of hydrogen-bond donors (Lipinski definition) is 0. The summed E-state index contributed by atoms with van der Waals surface area (Å²) in [6.07, 6.45) is 0. The molecule has 216 valence electrons. The van der Waals surface area contributed by atoms with Gasteiger partial charge < -0.3 is 0 Å². The summed E-state index contributed by atoms with van der Waals surface area (Å²) in [6.45, 7) is 0. The highest BCUT2D eigenvalue weighted by atomic mass is 19.2. The van der Waals surface area contributed by atoms with Crippen LogP contribution in [-0.4, -0.2) is 0 Å². The maximum atomic E-state index is 13.6.